The van der Waals surface area contributed by atoms with Gasteiger partial charge in [-0.05, 0) is 33.6 Å². The van der Waals surface area contributed by atoms with Crippen molar-refractivity contribution in [3.05, 3.63) is 0 Å². The van der Waals surface area contributed by atoms with Gasteiger partial charge in [0.05, 0.1) is 12.7 Å². The van der Waals surface area contributed by atoms with Crippen LogP contribution in [-0.4, -0.2) is 42.4 Å². The van der Waals surface area contributed by atoms with Crippen LogP contribution < -0.4 is 0 Å². The van der Waals surface area contributed by atoms with Crippen molar-refractivity contribution >= 4 is 6.09 Å². The molecule has 2 rings (SSSR count). The summed E-state index contributed by atoms with van der Waals surface area (Å²) in [6.07, 6.45) is 2.44. The number of ether oxygens (including phenoxy) is 2. The smallest absolute Gasteiger partial charge is 0.410 e. The van der Waals surface area contributed by atoms with Crippen LogP contribution in [0.25, 0.3) is 0 Å². The fourth-order valence-corrected chi connectivity index (χ4v) is 2.13. The first kappa shape index (κ1) is 11.7. The van der Waals surface area contributed by atoms with Crippen molar-refractivity contribution in [1.29, 1.82) is 0 Å². The van der Waals surface area contributed by atoms with Gasteiger partial charge in [0.2, 0.25) is 0 Å². The molecule has 0 bridgehead atoms. The molecular formula is C12H21NO3. The number of epoxide rings is 1. The Kier molecular flexibility index (Phi) is 3.10. The molecule has 0 radical (unpaired) electrons. The topological polar surface area (TPSA) is 42.1 Å². The van der Waals surface area contributed by atoms with E-state index in [4.69, 9.17) is 9.47 Å². The lowest BCUT2D eigenvalue weighted by atomic mass is 9.95. The van der Waals surface area contributed by atoms with Crippen molar-refractivity contribution < 1.29 is 14.3 Å². The van der Waals surface area contributed by atoms with Crippen LogP contribution in [0.2, 0.25) is 0 Å². The van der Waals surface area contributed by atoms with Gasteiger partial charge in [0, 0.05) is 19.0 Å². The highest BCUT2D eigenvalue weighted by Crippen LogP contribution is 2.29. The standard InChI is InChI=1S/C12H21NO3/c1-12(2,3)16-11(14)13-6-4-5-9(7-13)10-8-15-10/h9-10H,4-8H2,1-3H3/t9?,10-/m1/s1. The second kappa shape index (κ2) is 4.24. The quantitative estimate of drug-likeness (QED) is 0.644. The molecule has 1 unspecified atom stereocenters. The Bertz CT molecular complexity index is 268. The fourth-order valence-electron chi connectivity index (χ4n) is 2.13. The maximum atomic E-state index is 11.9. The van der Waals surface area contributed by atoms with Gasteiger partial charge in [0.25, 0.3) is 0 Å². The SMILES string of the molecule is CC(C)(C)OC(=O)N1CCCC([C@H]2CO2)C1. The lowest BCUT2D eigenvalue weighted by Gasteiger charge is -2.33. The molecule has 16 heavy (non-hydrogen) atoms. The van der Waals surface area contributed by atoms with Gasteiger partial charge in [-0.25, -0.2) is 4.79 Å². The van der Waals surface area contributed by atoms with Crippen LogP contribution in [0.4, 0.5) is 4.79 Å². The molecule has 0 saturated carbocycles. The maximum absolute atomic E-state index is 11.9. The Hall–Kier alpha value is -0.770. The molecule has 2 heterocycles. The molecule has 4 heteroatoms. The molecule has 2 aliphatic heterocycles. The van der Waals surface area contributed by atoms with E-state index < -0.39 is 5.60 Å². The van der Waals surface area contributed by atoms with Crippen LogP contribution in [0.15, 0.2) is 0 Å². The first-order valence-corrected chi connectivity index (χ1v) is 6.05. The van der Waals surface area contributed by atoms with Gasteiger partial charge in [-0.2, -0.15) is 0 Å². The molecule has 2 saturated heterocycles. The van der Waals surface area contributed by atoms with E-state index in [1.807, 2.05) is 25.7 Å². The molecule has 0 aromatic rings. The summed E-state index contributed by atoms with van der Waals surface area (Å²) in [7, 11) is 0. The number of nitrogens with zero attached hydrogens (tertiary/aromatic N) is 1. The van der Waals surface area contributed by atoms with E-state index in [0.717, 1.165) is 26.1 Å². The highest BCUT2D eigenvalue weighted by molar-refractivity contribution is 5.68. The number of likely N-dealkylation sites (tertiary alicyclic amines) is 1. The summed E-state index contributed by atoms with van der Waals surface area (Å²) in [6, 6.07) is 0. The van der Waals surface area contributed by atoms with Crippen molar-refractivity contribution in [2.75, 3.05) is 19.7 Å². The van der Waals surface area contributed by atoms with Crippen LogP contribution in [0.1, 0.15) is 33.6 Å². The monoisotopic (exact) mass is 227 g/mol. The molecule has 2 atom stereocenters. The number of rotatable bonds is 1. The largest absolute Gasteiger partial charge is 0.444 e. The van der Waals surface area contributed by atoms with Crippen molar-refractivity contribution in [3.8, 4) is 0 Å². The van der Waals surface area contributed by atoms with Gasteiger partial charge in [-0.1, -0.05) is 0 Å². The lowest BCUT2D eigenvalue weighted by molar-refractivity contribution is 0.0151. The first-order valence-electron chi connectivity index (χ1n) is 6.05. The lowest BCUT2D eigenvalue weighted by Crippen LogP contribution is -2.44. The molecule has 4 nitrogen and oxygen atoms in total. The van der Waals surface area contributed by atoms with Crippen LogP contribution >= 0.6 is 0 Å². The van der Waals surface area contributed by atoms with Gasteiger partial charge < -0.3 is 14.4 Å². The molecule has 0 aromatic carbocycles. The Morgan fingerprint density at radius 3 is 2.69 bits per heavy atom. The van der Waals surface area contributed by atoms with E-state index in [9.17, 15) is 4.79 Å². The van der Waals surface area contributed by atoms with Gasteiger partial charge in [0.1, 0.15) is 5.60 Å². The molecule has 0 N–H and O–H groups in total. The van der Waals surface area contributed by atoms with Crippen molar-refractivity contribution in [2.45, 2.75) is 45.3 Å². The van der Waals surface area contributed by atoms with Gasteiger partial charge in [-0.3, -0.25) is 0 Å². The van der Waals surface area contributed by atoms with E-state index in [1.54, 1.807) is 0 Å². The van der Waals surface area contributed by atoms with Crippen LogP contribution in [0.3, 0.4) is 0 Å². The summed E-state index contributed by atoms with van der Waals surface area (Å²) in [4.78, 5) is 13.7. The highest BCUT2D eigenvalue weighted by atomic mass is 16.6. The van der Waals surface area contributed by atoms with E-state index >= 15 is 0 Å². The molecule has 1 amide bonds. The number of piperidine rings is 1. The Morgan fingerprint density at radius 1 is 1.44 bits per heavy atom. The van der Waals surface area contributed by atoms with Crippen LogP contribution in [0.5, 0.6) is 0 Å². The Labute approximate surface area is 96.9 Å². The number of carbonyl (C=O) groups is 1. The Morgan fingerprint density at radius 2 is 2.12 bits per heavy atom. The second-order valence-electron chi connectivity index (χ2n) is 5.70. The molecule has 0 aliphatic carbocycles. The minimum absolute atomic E-state index is 0.183. The van der Waals surface area contributed by atoms with Gasteiger partial charge in [0.15, 0.2) is 0 Å². The highest BCUT2D eigenvalue weighted by Gasteiger charge is 2.37. The van der Waals surface area contributed by atoms with Crippen molar-refractivity contribution in [3.63, 3.8) is 0 Å². The van der Waals surface area contributed by atoms with E-state index in [1.165, 1.54) is 6.42 Å². The third kappa shape index (κ3) is 3.11. The average molecular weight is 227 g/mol. The average Bonchev–Trinajstić information content (AvgIpc) is 2.98. The van der Waals surface area contributed by atoms with Crippen LogP contribution in [-0.2, 0) is 9.47 Å². The predicted molar refractivity (Wildman–Crippen MR) is 60.3 cm³/mol. The minimum atomic E-state index is -0.403. The van der Waals surface area contributed by atoms with E-state index in [-0.39, 0.29) is 6.09 Å². The molecule has 2 fully saturated rings. The number of amides is 1. The zero-order chi connectivity index (χ0) is 11.8. The van der Waals surface area contributed by atoms with Crippen LogP contribution in [0, 0.1) is 5.92 Å². The summed E-state index contributed by atoms with van der Waals surface area (Å²) >= 11 is 0. The molecule has 92 valence electrons. The fraction of sp³-hybridized carbons (Fsp3) is 0.917. The summed E-state index contributed by atoms with van der Waals surface area (Å²) in [6.45, 7) is 8.17. The molecular weight excluding hydrogens is 206 g/mol. The summed E-state index contributed by atoms with van der Waals surface area (Å²) in [5.41, 5.74) is -0.403. The normalized spacial score (nSPS) is 30.1. The third-order valence-corrected chi connectivity index (χ3v) is 2.99. The van der Waals surface area contributed by atoms with E-state index in [0.29, 0.717) is 12.0 Å². The summed E-state index contributed by atoms with van der Waals surface area (Å²) < 4.78 is 10.7. The van der Waals surface area contributed by atoms with Crippen molar-refractivity contribution in [1.82, 2.24) is 4.90 Å². The summed E-state index contributed by atoms with van der Waals surface area (Å²) in [5, 5.41) is 0. The number of hydrogen-bond acceptors (Lipinski definition) is 3. The number of hydrogen-bond donors (Lipinski definition) is 0. The Balaban J connectivity index is 1.86. The second-order valence-corrected chi connectivity index (χ2v) is 5.70. The third-order valence-electron chi connectivity index (χ3n) is 2.99. The summed E-state index contributed by atoms with van der Waals surface area (Å²) in [5.74, 6) is 0.515. The van der Waals surface area contributed by atoms with Crippen molar-refractivity contribution in [2.24, 2.45) is 5.92 Å². The zero-order valence-corrected chi connectivity index (χ0v) is 10.4. The van der Waals surface area contributed by atoms with E-state index in [2.05, 4.69) is 0 Å². The minimum Gasteiger partial charge on any atom is -0.444 e. The zero-order valence-electron chi connectivity index (χ0n) is 10.4. The molecule has 0 aromatic heterocycles. The first-order chi connectivity index (χ1) is 7.46. The predicted octanol–water partition coefficient (Wildman–Crippen LogP) is 2.03. The van der Waals surface area contributed by atoms with Gasteiger partial charge in [-0.15, -0.1) is 0 Å². The number of carbonyl (C=O) groups excluding carboxylic acids is 1. The molecule has 2 aliphatic rings. The van der Waals surface area contributed by atoms with Gasteiger partial charge >= 0.3 is 6.09 Å². The molecule has 0 spiro atoms. The maximum Gasteiger partial charge on any atom is 0.410 e.